The molecule has 0 saturated heterocycles. The number of benzene rings is 1. The molecule has 0 unspecified atom stereocenters. The normalized spacial score (nSPS) is 9.12. The summed E-state index contributed by atoms with van der Waals surface area (Å²) in [5.41, 5.74) is 1.92. The topological polar surface area (TPSA) is 73.4 Å². The highest BCUT2D eigenvalue weighted by Crippen LogP contribution is 2.22. The largest absolute Gasteiger partial charge is 0.192 e. The van der Waals surface area contributed by atoms with Gasteiger partial charge in [-0.1, -0.05) is 12.1 Å². The zero-order valence-corrected chi connectivity index (χ0v) is 8.25. The van der Waals surface area contributed by atoms with E-state index in [2.05, 4.69) is 10.2 Å². The van der Waals surface area contributed by atoms with Gasteiger partial charge in [-0.05, 0) is 18.2 Å². The van der Waals surface area contributed by atoms with Gasteiger partial charge in [0.1, 0.15) is 12.1 Å². The fraction of sp³-hybridized carbons (Fsp3) is 0. The fourth-order valence-corrected chi connectivity index (χ4v) is 1.42. The van der Waals surface area contributed by atoms with Crippen LogP contribution in [-0.4, -0.2) is 10.2 Å². The second-order valence-corrected chi connectivity index (χ2v) is 3.06. The maximum Gasteiger partial charge on any atom is 0.101 e. The van der Waals surface area contributed by atoms with E-state index in [4.69, 9.17) is 10.5 Å². The average Bonchev–Trinajstić information content (AvgIpc) is 2.38. The van der Waals surface area contributed by atoms with Gasteiger partial charge in [-0.3, -0.25) is 0 Å². The molecule has 0 spiro atoms. The summed E-state index contributed by atoms with van der Waals surface area (Å²) in [6.45, 7) is 0. The molecule has 0 amide bonds. The van der Waals surface area contributed by atoms with Crippen molar-refractivity contribution in [3.63, 3.8) is 0 Å². The molecule has 0 fully saturated rings. The Balaban J connectivity index is 2.69. The summed E-state index contributed by atoms with van der Waals surface area (Å²) < 4.78 is 0. The van der Waals surface area contributed by atoms with Gasteiger partial charge in [-0.2, -0.15) is 20.7 Å². The van der Waals surface area contributed by atoms with Gasteiger partial charge < -0.3 is 0 Å². The molecule has 2 rings (SSSR count). The Morgan fingerprint density at radius 1 is 1.00 bits per heavy atom. The van der Waals surface area contributed by atoms with Crippen LogP contribution in [0.3, 0.4) is 0 Å². The van der Waals surface area contributed by atoms with E-state index in [1.807, 2.05) is 12.1 Å². The lowest BCUT2D eigenvalue weighted by Gasteiger charge is -2.02. The number of nitriles is 2. The smallest absolute Gasteiger partial charge is 0.101 e. The lowest BCUT2D eigenvalue weighted by Crippen LogP contribution is -1.92. The molecule has 2 aromatic rings. The van der Waals surface area contributed by atoms with Gasteiger partial charge in [0, 0.05) is 11.8 Å². The lowest BCUT2D eigenvalue weighted by molar-refractivity contribution is 1.04. The predicted molar refractivity (Wildman–Crippen MR) is 56.9 cm³/mol. The van der Waals surface area contributed by atoms with Gasteiger partial charge in [-0.15, -0.1) is 0 Å². The predicted octanol–water partition coefficient (Wildman–Crippen LogP) is 1.89. The van der Waals surface area contributed by atoms with E-state index in [0.29, 0.717) is 22.4 Å². The molecule has 0 saturated carbocycles. The Kier molecular flexibility index (Phi) is 2.58. The van der Waals surface area contributed by atoms with Crippen molar-refractivity contribution in [2.24, 2.45) is 0 Å². The second-order valence-electron chi connectivity index (χ2n) is 3.06. The van der Waals surface area contributed by atoms with E-state index in [9.17, 15) is 0 Å². The third-order valence-electron chi connectivity index (χ3n) is 2.14. The maximum atomic E-state index is 9.04. The SMILES string of the molecule is N#Cc1cccc(-c2cccnn2)c1C#N. The highest BCUT2D eigenvalue weighted by Gasteiger charge is 2.10. The molecule has 16 heavy (non-hydrogen) atoms. The third kappa shape index (κ3) is 1.60. The number of nitrogens with zero attached hydrogens (tertiary/aromatic N) is 4. The first-order chi connectivity index (χ1) is 7.86. The van der Waals surface area contributed by atoms with Crippen LogP contribution in [-0.2, 0) is 0 Å². The van der Waals surface area contributed by atoms with Crippen molar-refractivity contribution < 1.29 is 0 Å². The molecule has 0 aliphatic rings. The molecule has 4 heteroatoms. The van der Waals surface area contributed by atoms with Crippen LogP contribution in [0.1, 0.15) is 11.1 Å². The minimum atomic E-state index is 0.338. The number of hydrogen-bond acceptors (Lipinski definition) is 4. The molecule has 0 aliphatic carbocycles. The molecule has 0 aliphatic heterocycles. The van der Waals surface area contributed by atoms with Crippen LogP contribution >= 0.6 is 0 Å². The second kappa shape index (κ2) is 4.20. The van der Waals surface area contributed by atoms with Crippen LogP contribution < -0.4 is 0 Å². The van der Waals surface area contributed by atoms with Gasteiger partial charge in [0.25, 0.3) is 0 Å². The van der Waals surface area contributed by atoms with E-state index in [1.54, 1.807) is 36.5 Å². The van der Waals surface area contributed by atoms with E-state index in [0.717, 1.165) is 0 Å². The summed E-state index contributed by atoms with van der Waals surface area (Å²) >= 11 is 0. The molecule has 0 atom stereocenters. The number of aromatic nitrogens is 2. The molecule has 1 aromatic heterocycles. The third-order valence-corrected chi connectivity index (χ3v) is 2.14. The van der Waals surface area contributed by atoms with Crippen molar-refractivity contribution in [1.82, 2.24) is 10.2 Å². The van der Waals surface area contributed by atoms with Crippen LogP contribution in [0.5, 0.6) is 0 Å². The van der Waals surface area contributed by atoms with Crippen LogP contribution in [0.4, 0.5) is 0 Å². The van der Waals surface area contributed by atoms with Crippen molar-refractivity contribution in [2.75, 3.05) is 0 Å². The number of hydrogen-bond donors (Lipinski definition) is 0. The van der Waals surface area contributed by atoms with Crippen molar-refractivity contribution in [3.05, 3.63) is 47.7 Å². The molecule has 4 nitrogen and oxygen atoms in total. The molecule has 0 radical (unpaired) electrons. The first kappa shape index (κ1) is 9.82. The van der Waals surface area contributed by atoms with Crippen molar-refractivity contribution in [1.29, 1.82) is 10.5 Å². The van der Waals surface area contributed by atoms with Crippen molar-refractivity contribution in [3.8, 4) is 23.4 Å². The Labute approximate surface area is 92.4 Å². The Morgan fingerprint density at radius 2 is 1.88 bits per heavy atom. The molecule has 0 N–H and O–H groups in total. The summed E-state index contributed by atoms with van der Waals surface area (Å²) in [7, 11) is 0. The highest BCUT2D eigenvalue weighted by molar-refractivity contribution is 5.70. The first-order valence-corrected chi connectivity index (χ1v) is 4.58. The van der Waals surface area contributed by atoms with E-state index in [1.165, 1.54) is 0 Å². The summed E-state index contributed by atoms with van der Waals surface area (Å²) in [6.07, 6.45) is 1.56. The molecular weight excluding hydrogens is 200 g/mol. The zero-order chi connectivity index (χ0) is 11.4. The Morgan fingerprint density at radius 3 is 2.50 bits per heavy atom. The van der Waals surface area contributed by atoms with Crippen LogP contribution in [0.15, 0.2) is 36.5 Å². The van der Waals surface area contributed by atoms with Crippen LogP contribution in [0.2, 0.25) is 0 Å². The summed E-state index contributed by atoms with van der Waals surface area (Å²) in [5, 5.41) is 25.6. The van der Waals surface area contributed by atoms with E-state index < -0.39 is 0 Å². The minimum absolute atomic E-state index is 0.338. The zero-order valence-electron chi connectivity index (χ0n) is 8.25. The first-order valence-electron chi connectivity index (χ1n) is 4.58. The van der Waals surface area contributed by atoms with Crippen molar-refractivity contribution >= 4 is 0 Å². The monoisotopic (exact) mass is 206 g/mol. The van der Waals surface area contributed by atoms with Crippen LogP contribution in [0.25, 0.3) is 11.3 Å². The van der Waals surface area contributed by atoms with E-state index >= 15 is 0 Å². The maximum absolute atomic E-state index is 9.04. The standard InChI is InChI=1S/C12H6N4/c13-7-9-3-1-4-10(11(9)8-14)12-5-2-6-15-16-12/h1-6H. The molecule has 0 bridgehead atoms. The van der Waals surface area contributed by atoms with Gasteiger partial charge in [0.15, 0.2) is 0 Å². The summed E-state index contributed by atoms with van der Waals surface area (Å²) in [4.78, 5) is 0. The van der Waals surface area contributed by atoms with Crippen LogP contribution in [0, 0.1) is 22.7 Å². The Bertz CT molecular complexity index is 591. The number of rotatable bonds is 1. The summed E-state index contributed by atoms with van der Waals surface area (Å²) in [5.74, 6) is 0. The quantitative estimate of drug-likeness (QED) is 0.714. The fourth-order valence-electron chi connectivity index (χ4n) is 1.42. The molecular formula is C12H6N4. The van der Waals surface area contributed by atoms with E-state index in [-0.39, 0.29) is 0 Å². The highest BCUT2D eigenvalue weighted by atomic mass is 15.1. The average molecular weight is 206 g/mol. The Hall–Kier alpha value is -2.72. The van der Waals surface area contributed by atoms with Gasteiger partial charge in [0.2, 0.25) is 0 Å². The molecule has 74 valence electrons. The molecule has 1 heterocycles. The van der Waals surface area contributed by atoms with Gasteiger partial charge >= 0.3 is 0 Å². The summed E-state index contributed by atoms with van der Waals surface area (Å²) in [6, 6.07) is 12.6. The minimum Gasteiger partial charge on any atom is -0.192 e. The van der Waals surface area contributed by atoms with Crippen molar-refractivity contribution in [2.45, 2.75) is 0 Å². The van der Waals surface area contributed by atoms with Gasteiger partial charge in [-0.25, -0.2) is 0 Å². The lowest BCUT2D eigenvalue weighted by atomic mass is 10.0. The van der Waals surface area contributed by atoms with Gasteiger partial charge in [0.05, 0.1) is 16.8 Å². The molecule has 1 aromatic carbocycles.